The molecule has 1 N–H and O–H groups in total. The van der Waals surface area contributed by atoms with Crippen LogP contribution >= 0.6 is 0 Å². The van der Waals surface area contributed by atoms with Crippen molar-refractivity contribution in [1.29, 1.82) is 5.26 Å². The van der Waals surface area contributed by atoms with E-state index in [0.717, 1.165) is 0 Å². The number of nitrogens with zero attached hydrogens (tertiary/aromatic N) is 1. The third-order valence-electron chi connectivity index (χ3n) is 2.78. The van der Waals surface area contributed by atoms with Crippen molar-refractivity contribution >= 4 is 11.6 Å². The van der Waals surface area contributed by atoms with Gasteiger partial charge in [-0.1, -0.05) is 6.07 Å². The van der Waals surface area contributed by atoms with Gasteiger partial charge < -0.3 is 14.8 Å². The van der Waals surface area contributed by atoms with Crippen molar-refractivity contribution in [3.63, 3.8) is 0 Å². The smallest absolute Gasteiger partial charge is 0.262 e. The van der Waals surface area contributed by atoms with Crippen molar-refractivity contribution in [2.45, 2.75) is 6.92 Å². The van der Waals surface area contributed by atoms with Crippen molar-refractivity contribution < 1.29 is 14.3 Å². The van der Waals surface area contributed by atoms with Crippen LogP contribution in [-0.2, 0) is 4.79 Å². The van der Waals surface area contributed by atoms with E-state index in [0.29, 0.717) is 29.4 Å². The van der Waals surface area contributed by atoms with Crippen LogP contribution in [0.2, 0.25) is 0 Å². The molecule has 0 spiro atoms. The van der Waals surface area contributed by atoms with Crippen LogP contribution in [0.3, 0.4) is 0 Å². The minimum Gasteiger partial charge on any atom is -0.494 e. The second-order valence-electron chi connectivity index (χ2n) is 4.43. The van der Waals surface area contributed by atoms with Crippen LogP contribution in [-0.4, -0.2) is 19.1 Å². The van der Waals surface area contributed by atoms with Crippen molar-refractivity contribution in [2.24, 2.45) is 0 Å². The zero-order valence-corrected chi connectivity index (χ0v) is 12.2. The fraction of sp³-hybridized carbons (Fsp3) is 0.176. The molecule has 0 atom stereocenters. The number of nitrogens with one attached hydrogen (secondary N) is 1. The Morgan fingerprint density at radius 2 is 1.82 bits per heavy atom. The van der Waals surface area contributed by atoms with Crippen LogP contribution in [0, 0.1) is 11.3 Å². The van der Waals surface area contributed by atoms with E-state index in [2.05, 4.69) is 5.32 Å². The maximum absolute atomic E-state index is 11.8. The van der Waals surface area contributed by atoms with Gasteiger partial charge >= 0.3 is 0 Å². The third kappa shape index (κ3) is 4.53. The van der Waals surface area contributed by atoms with Gasteiger partial charge in [-0.3, -0.25) is 4.79 Å². The molecule has 1 amide bonds. The quantitative estimate of drug-likeness (QED) is 0.889. The zero-order valence-electron chi connectivity index (χ0n) is 12.2. The highest BCUT2D eigenvalue weighted by atomic mass is 16.5. The molecule has 0 aliphatic rings. The Kier molecular flexibility index (Phi) is 5.38. The molecule has 22 heavy (non-hydrogen) atoms. The molecule has 5 nitrogen and oxygen atoms in total. The van der Waals surface area contributed by atoms with Gasteiger partial charge in [-0.05, 0) is 43.3 Å². The summed E-state index contributed by atoms with van der Waals surface area (Å²) in [4.78, 5) is 11.8. The summed E-state index contributed by atoms with van der Waals surface area (Å²) in [5.74, 6) is 1.000. The summed E-state index contributed by atoms with van der Waals surface area (Å²) < 4.78 is 10.8. The predicted molar refractivity (Wildman–Crippen MR) is 82.9 cm³/mol. The number of ether oxygens (including phenoxy) is 2. The zero-order chi connectivity index (χ0) is 15.8. The highest BCUT2D eigenvalue weighted by Gasteiger charge is 2.04. The van der Waals surface area contributed by atoms with E-state index in [1.807, 2.05) is 19.1 Å². The highest BCUT2D eigenvalue weighted by molar-refractivity contribution is 5.91. The highest BCUT2D eigenvalue weighted by Crippen LogP contribution is 2.19. The summed E-state index contributed by atoms with van der Waals surface area (Å²) in [7, 11) is 0. The molecule has 0 bridgehead atoms. The molecule has 0 aromatic heterocycles. The van der Waals surface area contributed by atoms with Crippen LogP contribution in [0.4, 0.5) is 5.69 Å². The van der Waals surface area contributed by atoms with Gasteiger partial charge in [0.05, 0.1) is 18.2 Å². The van der Waals surface area contributed by atoms with Gasteiger partial charge in [0.2, 0.25) is 0 Å². The fourth-order valence-corrected chi connectivity index (χ4v) is 1.79. The molecule has 112 valence electrons. The van der Waals surface area contributed by atoms with E-state index < -0.39 is 0 Å². The van der Waals surface area contributed by atoms with Gasteiger partial charge in [0, 0.05) is 11.8 Å². The standard InChI is InChI=1S/C17H16N2O3/c1-2-21-15-4-3-5-16(10-15)22-12-17(20)19-14-8-6-13(11-18)7-9-14/h3-10H,2,12H2,1H3,(H,19,20). The molecular weight excluding hydrogens is 280 g/mol. The molecule has 5 heteroatoms. The number of hydrogen-bond acceptors (Lipinski definition) is 4. The minimum atomic E-state index is -0.272. The molecule has 0 heterocycles. The first-order valence-corrected chi connectivity index (χ1v) is 6.87. The van der Waals surface area contributed by atoms with Crippen LogP contribution < -0.4 is 14.8 Å². The third-order valence-corrected chi connectivity index (χ3v) is 2.78. The summed E-state index contributed by atoms with van der Waals surface area (Å²) in [6, 6.07) is 15.8. The molecule has 0 aliphatic carbocycles. The normalized spacial score (nSPS) is 9.64. The maximum Gasteiger partial charge on any atom is 0.262 e. The lowest BCUT2D eigenvalue weighted by Crippen LogP contribution is -2.20. The van der Waals surface area contributed by atoms with Gasteiger partial charge in [-0.25, -0.2) is 0 Å². The van der Waals surface area contributed by atoms with Gasteiger partial charge in [0.15, 0.2) is 6.61 Å². The maximum atomic E-state index is 11.8. The van der Waals surface area contributed by atoms with E-state index in [-0.39, 0.29) is 12.5 Å². The lowest BCUT2D eigenvalue weighted by atomic mass is 10.2. The van der Waals surface area contributed by atoms with E-state index in [1.165, 1.54) is 0 Å². The second-order valence-corrected chi connectivity index (χ2v) is 4.43. The summed E-state index contributed by atoms with van der Waals surface area (Å²) in [5.41, 5.74) is 1.16. The average Bonchev–Trinajstić information content (AvgIpc) is 2.54. The Labute approximate surface area is 129 Å². The summed E-state index contributed by atoms with van der Waals surface area (Å²) >= 11 is 0. The van der Waals surface area contributed by atoms with Crippen LogP contribution in [0.15, 0.2) is 48.5 Å². The SMILES string of the molecule is CCOc1cccc(OCC(=O)Nc2ccc(C#N)cc2)c1. The summed E-state index contributed by atoms with van der Waals surface area (Å²) in [6.45, 7) is 2.37. The minimum absolute atomic E-state index is 0.102. The molecule has 0 fully saturated rings. The van der Waals surface area contributed by atoms with E-state index in [9.17, 15) is 4.79 Å². The molecule has 0 unspecified atom stereocenters. The molecule has 0 saturated heterocycles. The number of carbonyl (C=O) groups excluding carboxylic acids is 1. The molecule has 2 aromatic carbocycles. The fourth-order valence-electron chi connectivity index (χ4n) is 1.79. The lowest BCUT2D eigenvalue weighted by molar-refractivity contribution is -0.118. The molecule has 2 rings (SSSR count). The largest absolute Gasteiger partial charge is 0.494 e. The molecule has 0 aliphatic heterocycles. The van der Waals surface area contributed by atoms with Crippen LogP contribution in [0.25, 0.3) is 0 Å². The van der Waals surface area contributed by atoms with E-state index >= 15 is 0 Å². The first-order chi connectivity index (χ1) is 10.7. The van der Waals surface area contributed by atoms with Crippen molar-refractivity contribution in [2.75, 3.05) is 18.5 Å². The second kappa shape index (κ2) is 7.70. The number of amides is 1. The molecule has 0 saturated carbocycles. The van der Waals surface area contributed by atoms with Gasteiger partial charge in [0.25, 0.3) is 5.91 Å². The summed E-state index contributed by atoms with van der Waals surface area (Å²) in [6.07, 6.45) is 0. The summed E-state index contributed by atoms with van der Waals surface area (Å²) in [5, 5.41) is 11.4. The van der Waals surface area contributed by atoms with Crippen LogP contribution in [0.5, 0.6) is 11.5 Å². The molecular formula is C17H16N2O3. The molecule has 2 aromatic rings. The Morgan fingerprint density at radius 1 is 1.14 bits per heavy atom. The first kappa shape index (κ1) is 15.4. The number of nitriles is 1. The number of benzene rings is 2. The van der Waals surface area contributed by atoms with Gasteiger partial charge in [-0.15, -0.1) is 0 Å². The van der Waals surface area contributed by atoms with Gasteiger partial charge in [-0.2, -0.15) is 5.26 Å². The number of carbonyl (C=O) groups is 1. The lowest BCUT2D eigenvalue weighted by Gasteiger charge is -2.09. The Balaban J connectivity index is 1.87. The van der Waals surface area contributed by atoms with E-state index in [1.54, 1.807) is 42.5 Å². The van der Waals surface area contributed by atoms with Crippen molar-refractivity contribution in [3.8, 4) is 17.6 Å². The Morgan fingerprint density at radius 3 is 2.45 bits per heavy atom. The number of hydrogen-bond donors (Lipinski definition) is 1. The Hall–Kier alpha value is -3.00. The van der Waals surface area contributed by atoms with Crippen molar-refractivity contribution in [3.05, 3.63) is 54.1 Å². The van der Waals surface area contributed by atoms with Gasteiger partial charge in [0.1, 0.15) is 11.5 Å². The Bertz CT molecular complexity index is 675. The monoisotopic (exact) mass is 296 g/mol. The molecule has 0 radical (unpaired) electrons. The van der Waals surface area contributed by atoms with Crippen LogP contribution in [0.1, 0.15) is 12.5 Å². The average molecular weight is 296 g/mol. The topological polar surface area (TPSA) is 71.3 Å². The predicted octanol–water partition coefficient (Wildman–Crippen LogP) is 2.97. The number of rotatable bonds is 6. The van der Waals surface area contributed by atoms with Crippen molar-refractivity contribution in [1.82, 2.24) is 0 Å². The van der Waals surface area contributed by atoms with E-state index in [4.69, 9.17) is 14.7 Å². The number of anilines is 1. The first-order valence-electron chi connectivity index (χ1n) is 6.87.